The lowest BCUT2D eigenvalue weighted by molar-refractivity contribution is -0.137. The van der Waals surface area contributed by atoms with Crippen molar-refractivity contribution >= 4 is 5.91 Å². The monoisotopic (exact) mass is 481 g/mol. The number of hydrogen-bond donors (Lipinski definition) is 0. The van der Waals surface area contributed by atoms with Gasteiger partial charge in [0.05, 0.1) is 5.56 Å². The van der Waals surface area contributed by atoms with Crippen molar-refractivity contribution in [2.24, 2.45) is 5.92 Å². The predicted octanol–water partition coefficient (Wildman–Crippen LogP) is 6.65. The highest BCUT2D eigenvalue weighted by atomic mass is 19.4. The standard InChI is InChI=1S/C28H30F3N3O/c1-18-6-10-23(25-17-32-13-12-19(25)2)24(15-18)27(35)34-14-4-5-20(3)26(34)11-9-22-8-7-21(16-33-22)28(29,30)31/h6-8,10,12-13,15-17,20,26H,4-5,9,11,14H2,1-3H3/t20-,26-/m1/s1. The molecule has 184 valence electrons. The molecule has 0 radical (unpaired) electrons. The van der Waals surface area contributed by atoms with Crippen LogP contribution in [0.2, 0.25) is 0 Å². The van der Waals surface area contributed by atoms with Gasteiger partial charge in [0.2, 0.25) is 0 Å². The molecule has 0 bridgehead atoms. The zero-order chi connectivity index (χ0) is 25.2. The number of aromatic nitrogens is 2. The highest BCUT2D eigenvalue weighted by Gasteiger charge is 2.34. The Labute approximate surface area is 204 Å². The number of halogens is 3. The molecule has 35 heavy (non-hydrogen) atoms. The Balaban J connectivity index is 1.59. The second-order valence-electron chi connectivity index (χ2n) is 9.50. The van der Waals surface area contributed by atoms with E-state index in [0.717, 1.165) is 47.4 Å². The van der Waals surface area contributed by atoms with Crippen LogP contribution in [0, 0.1) is 19.8 Å². The van der Waals surface area contributed by atoms with Crippen LogP contribution in [0.15, 0.2) is 55.0 Å². The number of nitrogens with zero attached hydrogens (tertiary/aromatic N) is 3. The maximum Gasteiger partial charge on any atom is 0.417 e. The van der Waals surface area contributed by atoms with E-state index < -0.39 is 11.7 Å². The van der Waals surface area contributed by atoms with E-state index in [1.165, 1.54) is 6.07 Å². The van der Waals surface area contributed by atoms with E-state index in [4.69, 9.17) is 0 Å². The molecule has 4 nitrogen and oxygen atoms in total. The van der Waals surface area contributed by atoms with Crippen LogP contribution in [0.1, 0.15) is 58.9 Å². The van der Waals surface area contributed by atoms with E-state index in [0.29, 0.717) is 30.6 Å². The summed E-state index contributed by atoms with van der Waals surface area (Å²) in [6.07, 6.45) is 3.13. The Morgan fingerprint density at radius 2 is 1.89 bits per heavy atom. The third-order valence-electron chi connectivity index (χ3n) is 6.96. The van der Waals surface area contributed by atoms with Gasteiger partial charge in [-0.05, 0) is 80.8 Å². The fourth-order valence-corrected chi connectivity index (χ4v) is 4.95. The molecule has 1 aromatic carbocycles. The Hall–Kier alpha value is -3.22. The molecule has 4 rings (SSSR count). The number of aryl methyl sites for hydroxylation is 3. The number of carbonyl (C=O) groups excluding carboxylic acids is 1. The van der Waals surface area contributed by atoms with Crippen LogP contribution in [0.4, 0.5) is 13.2 Å². The second-order valence-corrected chi connectivity index (χ2v) is 9.50. The molecule has 0 saturated carbocycles. The van der Waals surface area contributed by atoms with Crippen LogP contribution in [0.5, 0.6) is 0 Å². The molecule has 2 atom stereocenters. The first kappa shape index (κ1) is 24.9. The summed E-state index contributed by atoms with van der Waals surface area (Å²) in [7, 11) is 0. The molecule has 1 fully saturated rings. The molecule has 0 N–H and O–H groups in total. The number of alkyl halides is 3. The third-order valence-corrected chi connectivity index (χ3v) is 6.96. The molecule has 1 aliphatic heterocycles. The number of rotatable bonds is 5. The summed E-state index contributed by atoms with van der Waals surface area (Å²) in [6.45, 7) is 6.79. The number of amides is 1. The normalized spacial score (nSPS) is 18.5. The summed E-state index contributed by atoms with van der Waals surface area (Å²) in [5.41, 5.74) is 4.38. The van der Waals surface area contributed by atoms with Crippen LogP contribution in [0.3, 0.4) is 0 Å². The molecule has 0 unspecified atom stereocenters. The molecule has 1 saturated heterocycles. The number of likely N-dealkylation sites (tertiary alicyclic amines) is 1. The van der Waals surface area contributed by atoms with E-state index in [9.17, 15) is 18.0 Å². The lowest BCUT2D eigenvalue weighted by Gasteiger charge is -2.40. The third kappa shape index (κ3) is 5.55. The van der Waals surface area contributed by atoms with Crippen molar-refractivity contribution in [3.05, 3.63) is 82.9 Å². The fourth-order valence-electron chi connectivity index (χ4n) is 4.95. The summed E-state index contributed by atoms with van der Waals surface area (Å²) < 4.78 is 38.6. The Bertz CT molecular complexity index is 1190. The first-order chi connectivity index (χ1) is 16.6. The lowest BCUT2D eigenvalue weighted by Crippen LogP contribution is -2.48. The average Bonchev–Trinajstić information content (AvgIpc) is 2.83. The van der Waals surface area contributed by atoms with E-state index in [1.54, 1.807) is 12.4 Å². The van der Waals surface area contributed by atoms with Gasteiger partial charge in [-0.1, -0.05) is 24.6 Å². The maximum absolute atomic E-state index is 13.9. The Morgan fingerprint density at radius 3 is 2.57 bits per heavy atom. The summed E-state index contributed by atoms with van der Waals surface area (Å²) in [5.74, 6) is 0.277. The quantitative estimate of drug-likeness (QED) is 0.410. The summed E-state index contributed by atoms with van der Waals surface area (Å²) in [5, 5.41) is 0. The predicted molar refractivity (Wildman–Crippen MR) is 130 cm³/mol. The van der Waals surface area contributed by atoms with Gasteiger partial charge in [0.15, 0.2) is 0 Å². The van der Waals surface area contributed by atoms with Crippen molar-refractivity contribution in [1.29, 1.82) is 0 Å². The van der Waals surface area contributed by atoms with Crippen molar-refractivity contribution in [2.45, 2.75) is 58.7 Å². The topological polar surface area (TPSA) is 46.1 Å². The van der Waals surface area contributed by atoms with E-state index in [2.05, 4.69) is 16.9 Å². The van der Waals surface area contributed by atoms with Crippen molar-refractivity contribution in [3.63, 3.8) is 0 Å². The maximum atomic E-state index is 13.9. The number of hydrogen-bond acceptors (Lipinski definition) is 3. The molecular formula is C28H30F3N3O. The van der Waals surface area contributed by atoms with Crippen molar-refractivity contribution < 1.29 is 18.0 Å². The molecule has 3 aromatic rings. The van der Waals surface area contributed by atoms with Gasteiger partial charge in [0.25, 0.3) is 5.91 Å². The first-order valence-electron chi connectivity index (χ1n) is 12.0. The number of carbonyl (C=O) groups is 1. The minimum absolute atomic E-state index is 0.0103. The van der Waals surface area contributed by atoms with Gasteiger partial charge in [-0.2, -0.15) is 13.2 Å². The van der Waals surface area contributed by atoms with Gasteiger partial charge in [-0.15, -0.1) is 0 Å². The number of benzene rings is 1. The van der Waals surface area contributed by atoms with Gasteiger partial charge in [0, 0.05) is 48.0 Å². The highest BCUT2D eigenvalue weighted by molar-refractivity contribution is 6.01. The zero-order valence-electron chi connectivity index (χ0n) is 20.3. The van der Waals surface area contributed by atoms with Gasteiger partial charge in [-0.3, -0.25) is 14.8 Å². The summed E-state index contributed by atoms with van der Waals surface area (Å²) >= 11 is 0. The van der Waals surface area contributed by atoms with Crippen LogP contribution >= 0.6 is 0 Å². The largest absolute Gasteiger partial charge is 0.417 e. The molecule has 7 heteroatoms. The van der Waals surface area contributed by atoms with Gasteiger partial charge in [-0.25, -0.2) is 0 Å². The first-order valence-corrected chi connectivity index (χ1v) is 12.0. The SMILES string of the molecule is Cc1ccc(-c2cnccc2C)c(C(=O)N2CCC[C@@H](C)[C@H]2CCc2ccc(C(F)(F)F)cn2)c1. The number of pyridine rings is 2. The van der Waals surface area contributed by atoms with Crippen molar-refractivity contribution in [1.82, 2.24) is 14.9 Å². The Kier molecular flexibility index (Phi) is 7.24. The van der Waals surface area contributed by atoms with Crippen LogP contribution in [0.25, 0.3) is 11.1 Å². The van der Waals surface area contributed by atoms with Crippen molar-refractivity contribution in [3.8, 4) is 11.1 Å². The zero-order valence-corrected chi connectivity index (χ0v) is 20.3. The second kappa shape index (κ2) is 10.2. The Morgan fingerprint density at radius 1 is 1.09 bits per heavy atom. The average molecular weight is 482 g/mol. The van der Waals surface area contributed by atoms with Crippen molar-refractivity contribution in [2.75, 3.05) is 6.54 Å². The summed E-state index contributed by atoms with van der Waals surface area (Å²) in [4.78, 5) is 24.2. The molecule has 3 heterocycles. The molecule has 0 aliphatic carbocycles. The highest BCUT2D eigenvalue weighted by Crippen LogP contribution is 2.33. The minimum Gasteiger partial charge on any atom is -0.335 e. The lowest BCUT2D eigenvalue weighted by atomic mass is 9.86. The van der Waals surface area contributed by atoms with Crippen LogP contribution in [-0.2, 0) is 12.6 Å². The molecule has 0 spiro atoms. The molecule has 2 aromatic heterocycles. The fraction of sp³-hybridized carbons (Fsp3) is 0.393. The van der Waals surface area contributed by atoms with Gasteiger partial charge >= 0.3 is 6.18 Å². The van der Waals surface area contributed by atoms with E-state index in [-0.39, 0.29) is 17.9 Å². The van der Waals surface area contributed by atoms with E-state index >= 15 is 0 Å². The van der Waals surface area contributed by atoms with Crippen LogP contribution < -0.4 is 0 Å². The molecular weight excluding hydrogens is 451 g/mol. The van der Waals surface area contributed by atoms with E-state index in [1.807, 2.05) is 43.0 Å². The summed E-state index contributed by atoms with van der Waals surface area (Å²) in [6, 6.07) is 10.4. The van der Waals surface area contributed by atoms with Crippen LogP contribution in [-0.4, -0.2) is 33.4 Å². The molecule has 1 aliphatic rings. The van der Waals surface area contributed by atoms with Gasteiger partial charge < -0.3 is 4.90 Å². The van der Waals surface area contributed by atoms with Gasteiger partial charge in [0.1, 0.15) is 0 Å². The number of piperidine rings is 1. The smallest absolute Gasteiger partial charge is 0.335 e. The minimum atomic E-state index is -4.40. The molecule has 1 amide bonds.